The first-order chi connectivity index (χ1) is 16.3. The number of hydrazone groups is 1. The van der Waals surface area contributed by atoms with Gasteiger partial charge in [0.25, 0.3) is 5.91 Å². The summed E-state index contributed by atoms with van der Waals surface area (Å²) in [7, 11) is 0. The predicted molar refractivity (Wildman–Crippen MR) is 140 cm³/mol. The monoisotopic (exact) mass is 487 g/mol. The number of aromatic nitrogens is 1. The van der Waals surface area contributed by atoms with Crippen LogP contribution in [-0.4, -0.2) is 31.5 Å². The Bertz CT molecular complexity index is 1430. The number of nitrogens with one attached hydrogen (secondary N) is 1. The Morgan fingerprint density at radius 2 is 1.85 bits per heavy atom. The van der Waals surface area contributed by atoms with Gasteiger partial charge in [0.05, 0.1) is 5.57 Å². The Labute approximate surface area is 207 Å². The van der Waals surface area contributed by atoms with E-state index in [-0.39, 0.29) is 11.4 Å². The molecule has 1 aromatic heterocycles. The number of hydrogen-bond donors (Lipinski definition) is 1. The molecule has 5 rings (SSSR count). The fraction of sp³-hybridized carbons (Fsp3) is 0.154. The predicted octanol–water partition coefficient (Wildman–Crippen LogP) is 5.92. The van der Waals surface area contributed by atoms with Crippen LogP contribution in [0.15, 0.2) is 70.3 Å². The van der Waals surface area contributed by atoms with E-state index in [9.17, 15) is 4.79 Å². The summed E-state index contributed by atoms with van der Waals surface area (Å²) in [5.74, 6) is -0.391. The molecule has 0 aliphatic carbocycles. The Hall–Kier alpha value is -3.42. The number of hydrogen-bond acceptors (Lipinski definition) is 4. The van der Waals surface area contributed by atoms with Crippen LogP contribution in [0.2, 0.25) is 5.02 Å². The molecule has 170 valence electrons. The molecule has 3 aromatic rings. The van der Waals surface area contributed by atoms with Crippen molar-refractivity contribution in [3.05, 3.63) is 93.3 Å². The number of aryl methyl sites for hydroxylation is 2. The van der Waals surface area contributed by atoms with E-state index in [2.05, 4.69) is 14.7 Å². The smallest absolute Gasteiger partial charge is 0.283 e. The van der Waals surface area contributed by atoms with E-state index in [1.54, 1.807) is 6.08 Å². The third-order valence-electron chi connectivity index (χ3n) is 5.88. The average molecular weight is 488 g/mol. The zero-order chi connectivity index (χ0) is 24.0. The number of thioether (sulfide) groups is 1. The number of amidine groups is 2. The lowest BCUT2D eigenvalue weighted by Crippen LogP contribution is -2.35. The van der Waals surface area contributed by atoms with Gasteiger partial charge in [0.2, 0.25) is 5.17 Å². The summed E-state index contributed by atoms with van der Waals surface area (Å²) >= 11 is 7.59. The van der Waals surface area contributed by atoms with Crippen molar-refractivity contribution in [2.75, 3.05) is 0 Å². The molecule has 8 heteroatoms. The summed E-state index contributed by atoms with van der Waals surface area (Å²) in [5.41, 5.74) is 6.23. The highest BCUT2D eigenvalue weighted by atomic mass is 35.5. The van der Waals surface area contributed by atoms with Gasteiger partial charge in [-0.3, -0.25) is 10.2 Å². The molecule has 2 aromatic carbocycles. The summed E-state index contributed by atoms with van der Waals surface area (Å²) in [4.78, 5) is 17.1. The Kier molecular flexibility index (Phi) is 5.75. The first-order valence-electron chi connectivity index (χ1n) is 10.8. The molecule has 1 amide bonds. The summed E-state index contributed by atoms with van der Waals surface area (Å²) in [6.45, 7) is 6.04. The maximum atomic E-state index is 12.9. The maximum absolute atomic E-state index is 12.9. The third-order valence-corrected chi connectivity index (χ3v) is 7.02. The standard InChI is InChI=1S/C26H22ClN5OS/c1-15-9-10-20(27)14-22(15)31-16(2)11-19(17(31)3)13-21-24(28)32-26(29-25(21)33)34-23(30-32)12-18-7-5-4-6-8-18/h4-11,13-14,28H,12H2,1-3H3. The van der Waals surface area contributed by atoms with Crippen molar-refractivity contribution in [2.45, 2.75) is 27.2 Å². The number of aliphatic imine (C=N–C) groups is 1. The van der Waals surface area contributed by atoms with Crippen LogP contribution >= 0.6 is 23.4 Å². The van der Waals surface area contributed by atoms with E-state index >= 15 is 0 Å². The zero-order valence-corrected chi connectivity index (χ0v) is 20.5. The van der Waals surface area contributed by atoms with E-state index in [1.165, 1.54) is 16.8 Å². The molecular formula is C26H22ClN5OS. The highest BCUT2D eigenvalue weighted by Crippen LogP contribution is 2.31. The van der Waals surface area contributed by atoms with Crippen molar-refractivity contribution in [3.63, 3.8) is 0 Å². The number of fused-ring (bicyclic) bond motifs is 1. The quantitative estimate of drug-likeness (QED) is 0.464. The molecule has 0 radical (unpaired) electrons. The van der Waals surface area contributed by atoms with Crippen LogP contribution < -0.4 is 0 Å². The van der Waals surface area contributed by atoms with Gasteiger partial charge in [0.15, 0.2) is 5.84 Å². The van der Waals surface area contributed by atoms with Gasteiger partial charge >= 0.3 is 0 Å². The molecule has 3 heterocycles. The van der Waals surface area contributed by atoms with Crippen LogP contribution in [0, 0.1) is 26.2 Å². The molecule has 0 spiro atoms. The minimum atomic E-state index is -0.427. The lowest BCUT2D eigenvalue weighted by atomic mass is 10.1. The highest BCUT2D eigenvalue weighted by Gasteiger charge is 2.35. The summed E-state index contributed by atoms with van der Waals surface area (Å²) in [5, 5.41) is 16.6. The molecule has 2 aliphatic heterocycles. The van der Waals surface area contributed by atoms with Crippen LogP contribution in [-0.2, 0) is 11.2 Å². The highest BCUT2D eigenvalue weighted by molar-refractivity contribution is 8.26. The van der Waals surface area contributed by atoms with Gasteiger partial charge in [-0.25, -0.2) is 0 Å². The molecule has 0 bridgehead atoms. The van der Waals surface area contributed by atoms with E-state index < -0.39 is 5.91 Å². The number of nitrogens with zero attached hydrogens (tertiary/aromatic N) is 4. The van der Waals surface area contributed by atoms with Gasteiger partial charge < -0.3 is 4.57 Å². The summed E-state index contributed by atoms with van der Waals surface area (Å²) < 4.78 is 2.11. The Morgan fingerprint density at radius 1 is 1.09 bits per heavy atom. The second-order valence-electron chi connectivity index (χ2n) is 8.27. The van der Waals surface area contributed by atoms with E-state index in [0.29, 0.717) is 16.6 Å². The largest absolute Gasteiger partial charge is 0.318 e. The number of amides is 1. The van der Waals surface area contributed by atoms with Gasteiger partial charge in [0, 0.05) is 28.5 Å². The van der Waals surface area contributed by atoms with Crippen molar-refractivity contribution in [1.82, 2.24) is 9.58 Å². The van der Waals surface area contributed by atoms with E-state index in [0.717, 1.165) is 38.8 Å². The van der Waals surface area contributed by atoms with Crippen molar-refractivity contribution < 1.29 is 4.79 Å². The van der Waals surface area contributed by atoms with Crippen molar-refractivity contribution in [1.29, 1.82) is 5.41 Å². The number of rotatable bonds is 4. The van der Waals surface area contributed by atoms with Crippen molar-refractivity contribution in [3.8, 4) is 5.69 Å². The Balaban J connectivity index is 1.48. The lowest BCUT2D eigenvalue weighted by Gasteiger charge is -2.20. The minimum absolute atomic E-state index is 0.0364. The van der Waals surface area contributed by atoms with Crippen molar-refractivity contribution >= 4 is 51.4 Å². The van der Waals surface area contributed by atoms with Crippen LogP contribution in [0.25, 0.3) is 11.8 Å². The maximum Gasteiger partial charge on any atom is 0.283 e. The molecule has 0 unspecified atom stereocenters. The zero-order valence-electron chi connectivity index (χ0n) is 19.0. The fourth-order valence-corrected chi connectivity index (χ4v) is 5.24. The average Bonchev–Trinajstić information content (AvgIpc) is 3.33. The van der Waals surface area contributed by atoms with Gasteiger partial charge in [-0.05, 0) is 73.5 Å². The molecule has 0 atom stereocenters. The molecule has 0 saturated heterocycles. The normalized spacial score (nSPS) is 16.7. The van der Waals surface area contributed by atoms with E-state index in [1.807, 2.05) is 75.4 Å². The topological polar surface area (TPSA) is 73.8 Å². The van der Waals surface area contributed by atoms with Gasteiger partial charge in [-0.15, -0.1) is 0 Å². The molecule has 0 fully saturated rings. The summed E-state index contributed by atoms with van der Waals surface area (Å²) in [6, 6.07) is 17.8. The second kappa shape index (κ2) is 8.74. The van der Waals surface area contributed by atoms with Gasteiger partial charge in [-0.2, -0.15) is 15.1 Å². The molecule has 6 nitrogen and oxygen atoms in total. The van der Waals surface area contributed by atoms with Gasteiger partial charge in [0.1, 0.15) is 5.04 Å². The SMILES string of the molecule is Cc1ccc(Cl)cc1-n1c(C)cc(C=C2C(=N)N3N=C(Cc4ccccc4)SC3=NC2=O)c1C. The molecule has 0 saturated carbocycles. The second-order valence-corrected chi connectivity index (χ2v) is 9.75. The van der Waals surface area contributed by atoms with Crippen molar-refractivity contribution in [2.24, 2.45) is 10.1 Å². The minimum Gasteiger partial charge on any atom is -0.318 e. The first kappa shape index (κ1) is 22.4. The van der Waals surface area contributed by atoms with Crippen LogP contribution in [0.4, 0.5) is 0 Å². The fourth-order valence-electron chi connectivity index (χ4n) is 4.16. The number of carbonyl (C=O) groups is 1. The van der Waals surface area contributed by atoms with Crippen LogP contribution in [0.3, 0.4) is 0 Å². The van der Waals surface area contributed by atoms with E-state index in [4.69, 9.17) is 17.0 Å². The third kappa shape index (κ3) is 4.02. The number of benzene rings is 2. The van der Waals surface area contributed by atoms with Crippen LogP contribution in [0.5, 0.6) is 0 Å². The van der Waals surface area contributed by atoms with Crippen LogP contribution in [0.1, 0.15) is 28.1 Å². The summed E-state index contributed by atoms with van der Waals surface area (Å²) in [6.07, 6.45) is 2.36. The van der Waals surface area contributed by atoms with Gasteiger partial charge in [-0.1, -0.05) is 48.0 Å². The number of carbonyl (C=O) groups excluding carboxylic acids is 1. The molecular weight excluding hydrogens is 466 g/mol. The lowest BCUT2D eigenvalue weighted by molar-refractivity contribution is -0.114. The number of halogens is 1. The molecule has 1 N–H and O–H groups in total. The molecule has 2 aliphatic rings. The Morgan fingerprint density at radius 3 is 2.62 bits per heavy atom. The molecule has 34 heavy (non-hydrogen) atoms. The first-order valence-corrected chi connectivity index (χ1v) is 12.0.